The summed E-state index contributed by atoms with van der Waals surface area (Å²) in [4.78, 5) is 19.4. The monoisotopic (exact) mass is 360 g/mol. The molecule has 0 radical (unpaired) electrons. The second kappa shape index (κ2) is 6.61. The van der Waals surface area contributed by atoms with Gasteiger partial charge in [0.1, 0.15) is 5.92 Å². The van der Waals surface area contributed by atoms with E-state index in [4.69, 9.17) is 0 Å². The number of nitrogens with zero attached hydrogens (tertiary/aromatic N) is 2. The third kappa shape index (κ3) is 4.80. The average Bonchev–Trinajstić information content (AvgIpc) is 2.41. The zero-order valence-corrected chi connectivity index (χ0v) is 11.9. The normalized spacial score (nSPS) is 15.0. The molecule has 0 N–H and O–H groups in total. The Hall–Kier alpha value is -2.40. The summed E-state index contributed by atoms with van der Waals surface area (Å²) < 4.78 is 76.7. The van der Waals surface area contributed by atoms with Crippen molar-refractivity contribution >= 4 is 0 Å². The van der Waals surface area contributed by atoms with Crippen LogP contribution in [0.5, 0.6) is 0 Å². The highest BCUT2D eigenvalue weighted by Gasteiger charge is 2.40. The first-order chi connectivity index (χ1) is 10.7. The van der Waals surface area contributed by atoms with Crippen molar-refractivity contribution in [3.05, 3.63) is 55.1 Å². The van der Waals surface area contributed by atoms with Gasteiger partial charge in [-0.2, -0.15) is 26.3 Å². The van der Waals surface area contributed by atoms with Gasteiger partial charge in [0, 0.05) is 16.8 Å². The summed E-state index contributed by atoms with van der Waals surface area (Å²) in [6.07, 6.45) is -10.3. The molecule has 0 spiro atoms. The summed E-state index contributed by atoms with van der Waals surface area (Å²) in [7, 11) is 0. The highest BCUT2D eigenvalue weighted by molar-refractivity contribution is 5.36. The number of nitro groups is 2. The molecule has 0 heterocycles. The number of rotatable bonds is 5. The smallest absolute Gasteiger partial charge is 0.265 e. The molecule has 1 aromatic carbocycles. The lowest BCUT2D eigenvalue weighted by molar-refractivity contribution is -0.543. The highest BCUT2D eigenvalue weighted by atomic mass is 19.4. The molecule has 0 aliphatic heterocycles. The molecule has 0 aliphatic carbocycles. The minimum Gasteiger partial charge on any atom is -0.265 e. The van der Waals surface area contributed by atoms with E-state index in [0.29, 0.717) is 0 Å². The van der Waals surface area contributed by atoms with Gasteiger partial charge in [-0.3, -0.25) is 20.2 Å². The fourth-order valence-electron chi connectivity index (χ4n) is 2.04. The van der Waals surface area contributed by atoms with Crippen molar-refractivity contribution in [2.75, 3.05) is 6.54 Å². The molecule has 0 unspecified atom stereocenters. The van der Waals surface area contributed by atoms with Gasteiger partial charge in [-0.25, -0.2) is 0 Å². The molecule has 1 rings (SSSR count). The second-order valence-corrected chi connectivity index (χ2v) is 4.99. The van der Waals surface area contributed by atoms with Crippen LogP contribution < -0.4 is 0 Å². The molecule has 6 nitrogen and oxygen atoms in total. The van der Waals surface area contributed by atoms with E-state index >= 15 is 0 Å². The van der Waals surface area contributed by atoms with Crippen LogP contribution in [0.2, 0.25) is 0 Å². The van der Waals surface area contributed by atoms with Crippen LogP contribution >= 0.6 is 0 Å². The van der Waals surface area contributed by atoms with Gasteiger partial charge >= 0.3 is 12.4 Å². The van der Waals surface area contributed by atoms with Gasteiger partial charge < -0.3 is 0 Å². The molecule has 0 amide bonds. The van der Waals surface area contributed by atoms with E-state index in [1.807, 2.05) is 0 Å². The lowest BCUT2D eigenvalue weighted by Crippen LogP contribution is -2.30. The van der Waals surface area contributed by atoms with E-state index in [1.165, 1.54) is 0 Å². The van der Waals surface area contributed by atoms with Crippen molar-refractivity contribution in [3.63, 3.8) is 0 Å². The molecular formula is C12H10F6N2O4. The van der Waals surface area contributed by atoms with Gasteiger partial charge in [0.2, 0.25) is 12.6 Å². The van der Waals surface area contributed by atoms with Gasteiger partial charge in [-0.1, -0.05) is 0 Å². The predicted octanol–water partition coefficient (Wildman–Crippen LogP) is 3.75. The molecule has 24 heavy (non-hydrogen) atoms. The molecule has 2 atom stereocenters. The Balaban J connectivity index is 3.57. The molecule has 0 fully saturated rings. The van der Waals surface area contributed by atoms with Crippen molar-refractivity contribution < 1.29 is 36.2 Å². The first-order valence-corrected chi connectivity index (χ1v) is 6.28. The second-order valence-electron chi connectivity index (χ2n) is 4.99. The van der Waals surface area contributed by atoms with Gasteiger partial charge in [0.25, 0.3) is 0 Å². The molecule has 1 aromatic rings. The zero-order valence-electron chi connectivity index (χ0n) is 11.9. The summed E-state index contributed by atoms with van der Waals surface area (Å²) in [5.41, 5.74) is -4.13. The summed E-state index contributed by atoms with van der Waals surface area (Å²) in [6, 6.07) is -1.36. The first kappa shape index (κ1) is 19.6. The Bertz CT molecular complexity index is 611. The highest BCUT2D eigenvalue weighted by Crippen LogP contribution is 2.38. The summed E-state index contributed by atoms with van der Waals surface area (Å²) in [5, 5.41) is 21.4. The number of hydrogen-bond acceptors (Lipinski definition) is 4. The quantitative estimate of drug-likeness (QED) is 0.455. The summed E-state index contributed by atoms with van der Waals surface area (Å²) in [6.45, 7) is -0.303. The fraction of sp³-hybridized carbons (Fsp3) is 0.500. The Morgan fingerprint density at radius 3 is 1.67 bits per heavy atom. The maximum Gasteiger partial charge on any atom is 0.416 e. The van der Waals surface area contributed by atoms with Crippen LogP contribution in [0, 0.1) is 20.2 Å². The van der Waals surface area contributed by atoms with Crippen LogP contribution in [0.3, 0.4) is 0 Å². The topological polar surface area (TPSA) is 86.3 Å². The zero-order chi connectivity index (χ0) is 18.9. The van der Waals surface area contributed by atoms with Crippen molar-refractivity contribution in [1.29, 1.82) is 0 Å². The van der Waals surface area contributed by atoms with Crippen LogP contribution in [0.1, 0.15) is 29.5 Å². The first-order valence-electron chi connectivity index (χ1n) is 6.28. The number of hydrogen-bond donors (Lipinski definition) is 0. The molecule has 12 heteroatoms. The maximum absolute atomic E-state index is 12.8. The van der Waals surface area contributed by atoms with Crippen LogP contribution in [0.25, 0.3) is 0 Å². The third-order valence-electron chi connectivity index (χ3n) is 3.30. The van der Waals surface area contributed by atoms with E-state index in [0.717, 1.165) is 6.92 Å². The largest absolute Gasteiger partial charge is 0.416 e. The lowest BCUT2D eigenvalue weighted by atomic mass is 9.89. The van der Waals surface area contributed by atoms with Crippen molar-refractivity contribution in [3.8, 4) is 0 Å². The predicted molar refractivity (Wildman–Crippen MR) is 67.5 cm³/mol. The Morgan fingerprint density at radius 1 is 0.958 bits per heavy atom. The van der Waals surface area contributed by atoms with E-state index in [9.17, 15) is 46.6 Å². The third-order valence-corrected chi connectivity index (χ3v) is 3.30. The minimum absolute atomic E-state index is 0.149. The number of benzene rings is 1. The number of alkyl halides is 6. The summed E-state index contributed by atoms with van der Waals surface area (Å²) in [5.74, 6) is -1.75. The number of halogens is 6. The fourth-order valence-corrected chi connectivity index (χ4v) is 2.04. The molecule has 134 valence electrons. The Morgan fingerprint density at radius 2 is 1.38 bits per heavy atom. The molecule has 0 aromatic heterocycles. The van der Waals surface area contributed by atoms with Crippen LogP contribution in [-0.4, -0.2) is 22.4 Å². The van der Waals surface area contributed by atoms with Crippen LogP contribution in [0.4, 0.5) is 26.3 Å². The molecule has 0 saturated carbocycles. The molecule has 0 saturated heterocycles. The minimum atomic E-state index is -5.15. The van der Waals surface area contributed by atoms with E-state index in [1.54, 1.807) is 0 Å². The Labute approximate surface area is 130 Å². The van der Waals surface area contributed by atoms with Crippen LogP contribution in [0.15, 0.2) is 18.2 Å². The van der Waals surface area contributed by atoms with Crippen molar-refractivity contribution in [1.82, 2.24) is 0 Å². The Kier molecular flexibility index (Phi) is 5.41. The van der Waals surface area contributed by atoms with E-state index < -0.39 is 57.4 Å². The summed E-state index contributed by atoms with van der Waals surface area (Å²) >= 11 is 0. The van der Waals surface area contributed by atoms with Gasteiger partial charge in [0.05, 0.1) is 11.1 Å². The van der Waals surface area contributed by atoms with Crippen LogP contribution in [-0.2, 0) is 12.4 Å². The SMILES string of the molecule is C[C@@H]([C@H](C[N+](=O)[O-])c1cc(C(F)(F)F)cc(C(F)(F)F)c1)[N+](=O)[O-]. The van der Waals surface area contributed by atoms with Crippen molar-refractivity contribution in [2.24, 2.45) is 0 Å². The van der Waals surface area contributed by atoms with Gasteiger partial charge in [0.15, 0.2) is 0 Å². The van der Waals surface area contributed by atoms with Gasteiger partial charge in [-0.15, -0.1) is 0 Å². The molecular weight excluding hydrogens is 350 g/mol. The molecule has 0 bridgehead atoms. The average molecular weight is 360 g/mol. The van der Waals surface area contributed by atoms with E-state index in [2.05, 4.69) is 0 Å². The van der Waals surface area contributed by atoms with E-state index in [-0.39, 0.29) is 18.2 Å². The van der Waals surface area contributed by atoms with Crippen molar-refractivity contribution in [2.45, 2.75) is 31.2 Å². The maximum atomic E-state index is 12.8. The lowest BCUT2D eigenvalue weighted by Gasteiger charge is -2.19. The molecule has 0 aliphatic rings. The standard InChI is InChI=1S/C12H10F6N2O4/c1-6(20(23)24)10(5-19(21)22)7-2-8(11(13,14)15)4-9(3-7)12(16,17)18/h2-4,6,10H,5H2,1H3/t6-,10-/m0/s1. The van der Waals surface area contributed by atoms with Gasteiger partial charge in [-0.05, 0) is 23.8 Å².